The van der Waals surface area contributed by atoms with E-state index in [-0.39, 0.29) is 5.88 Å². The predicted octanol–water partition coefficient (Wildman–Crippen LogP) is 4.53. The van der Waals surface area contributed by atoms with E-state index in [1.165, 1.54) is 24.2 Å². The molecule has 6 heteroatoms. The minimum atomic E-state index is 0.160. The van der Waals surface area contributed by atoms with Crippen molar-refractivity contribution in [3.63, 3.8) is 0 Å². The maximum absolute atomic E-state index is 11.0. The van der Waals surface area contributed by atoms with Crippen LogP contribution in [0.3, 0.4) is 0 Å². The number of aryl methyl sites for hydroxylation is 1. The monoisotopic (exact) mass is 407 g/mol. The average molecular weight is 408 g/mol. The lowest BCUT2D eigenvalue weighted by atomic mass is 10.0. The molecule has 1 aliphatic rings. The van der Waals surface area contributed by atoms with Crippen molar-refractivity contribution in [3.05, 3.63) is 59.7 Å². The standard InChI is InChI=1S/C23H26N4OS/c1-16-9-3-4-11-18(16)22(29)25-24-21-19-12-5-6-13-20(19)27(23(21)28)15-26-14-8-7-10-17(26)2/h3-6,9,11-13,17,28H,7-8,10,14-15H2,1-2H3/p+1/t17-/m0/s1. The molecule has 4 rings (SSSR count). The van der Waals surface area contributed by atoms with Crippen LogP contribution in [0.5, 0.6) is 5.88 Å². The second-order valence-electron chi connectivity index (χ2n) is 7.90. The molecule has 0 aliphatic carbocycles. The number of likely N-dealkylation sites (tertiary alicyclic amines) is 1. The second kappa shape index (κ2) is 8.43. The first-order valence-corrected chi connectivity index (χ1v) is 10.6. The summed E-state index contributed by atoms with van der Waals surface area (Å²) >= 11 is 5.47. The third-order valence-corrected chi connectivity index (χ3v) is 6.28. The van der Waals surface area contributed by atoms with Crippen LogP contribution in [0.4, 0.5) is 5.69 Å². The summed E-state index contributed by atoms with van der Waals surface area (Å²) in [6.45, 7) is 6.15. The number of rotatable bonds is 4. The van der Waals surface area contributed by atoms with E-state index in [4.69, 9.17) is 12.2 Å². The number of aromatic hydroxyl groups is 1. The van der Waals surface area contributed by atoms with Gasteiger partial charge in [0.15, 0.2) is 17.3 Å². The number of aromatic nitrogens is 1. The van der Waals surface area contributed by atoms with E-state index in [1.54, 1.807) is 0 Å². The van der Waals surface area contributed by atoms with Gasteiger partial charge in [0.2, 0.25) is 5.88 Å². The quantitative estimate of drug-likeness (QED) is 0.493. The molecule has 0 saturated carbocycles. The summed E-state index contributed by atoms with van der Waals surface area (Å²) < 4.78 is 1.97. The molecular weight excluding hydrogens is 380 g/mol. The fourth-order valence-electron chi connectivity index (χ4n) is 4.18. The summed E-state index contributed by atoms with van der Waals surface area (Å²) in [6.07, 6.45) is 3.75. The number of benzene rings is 2. The molecule has 1 aromatic heterocycles. The zero-order valence-corrected chi connectivity index (χ0v) is 17.7. The van der Waals surface area contributed by atoms with Crippen LogP contribution in [-0.2, 0) is 6.67 Å². The van der Waals surface area contributed by atoms with E-state index in [9.17, 15) is 5.11 Å². The van der Waals surface area contributed by atoms with Gasteiger partial charge in [-0.05, 0) is 44.7 Å². The highest BCUT2D eigenvalue weighted by Crippen LogP contribution is 2.38. The number of nitrogens with zero attached hydrogens (tertiary/aromatic N) is 3. The van der Waals surface area contributed by atoms with E-state index in [1.807, 2.05) is 60.0 Å². The number of quaternary nitrogens is 1. The molecule has 5 nitrogen and oxygen atoms in total. The lowest BCUT2D eigenvalue weighted by Crippen LogP contribution is -3.15. The minimum Gasteiger partial charge on any atom is -0.493 e. The number of fused-ring (bicyclic) bond motifs is 1. The van der Waals surface area contributed by atoms with Crippen LogP contribution in [0.25, 0.3) is 10.9 Å². The third-order valence-electron chi connectivity index (χ3n) is 5.98. The molecule has 2 heterocycles. The molecule has 29 heavy (non-hydrogen) atoms. The molecule has 0 amide bonds. The Hall–Kier alpha value is -2.57. The first-order chi connectivity index (χ1) is 14.1. The van der Waals surface area contributed by atoms with Crippen molar-refractivity contribution < 1.29 is 10.0 Å². The van der Waals surface area contributed by atoms with E-state index >= 15 is 0 Å². The van der Waals surface area contributed by atoms with Crippen molar-refractivity contribution in [1.82, 2.24) is 4.57 Å². The van der Waals surface area contributed by atoms with Gasteiger partial charge in [-0.2, -0.15) is 0 Å². The van der Waals surface area contributed by atoms with Crippen molar-refractivity contribution in [2.24, 2.45) is 10.2 Å². The lowest BCUT2D eigenvalue weighted by Gasteiger charge is -2.30. The molecule has 0 spiro atoms. The summed E-state index contributed by atoms with van der Waals surface area (Å²) in [7, 11) is 0. The maximum Gasteiger partial charge on any atom is 0.225 e. The Bertz CT molecular complexity index is 1070. The highest BCUT2D eigenvalue weighted by Gasteiger charge is 2.25. The van der Waals surface area contributed by atoms with Gasteiger partial charge in [-0.1, -0.05) is 54.7 Å². The number of hydrogen-bond donors (Lipinski definition) is 2. The van der Waals surface area contributed by atoms with Gasteiger partial charge in [0, 0.05) is 10.9 Å². The Labute approximate surface area is 176 Å². The van der Waals surface area contributed by atoms with E-state index in [0.29, 0.717) is 16.7 Å². The maximum atomic E-state index is 11.0. The lowest BCUT2D eigenvalue weighted by molar-refractivity contribution is -0.950. The predicted molar refractivity (Wildman–Crippen MR) is 120 cm³/mol. The molecule has 0 radical (unpaired) electrons. The van der Waals surface area contributed by atoms with Crippen LogP contribution in [0.1, 0.15) is 37.3 Å². The Balaban J connectivity index is 1.69. The molecule has 2 aromatic carbocycles. The van der Waals surface area contributed by atoms with E-state index < -0.39 is 0 Å². The molecule has 150 valence electrons. The molecule has 3 aromatic rings. The van der Waals surface area contributed by atoms with Crippen LogP contribution in [0.2, 0.25) is 0 Å². The fourth-order valence-corrected chi connectivity index (χ4v) is 4.45. The highest BCUT2D eigenvalue weighted by molar-refractivity contribution is 7.80. The van der Waals surface area contributed by atoms with Gasteiger partial charge < -0.3 is 10.0 Å². The summed E-state index contributed by atoms with van der Waals surface area (Å²) in [6, 6.07) is 16.4. The fraction of sp³-hybridized carbons (Fsp3) is 0.348. The largest absolute Gasteiger partial charge is 0.493 e. The molecule has 1 unspecified atom stereocenters. The summed E-state index contributed by atoms with van der Waals surface area (Å²) in [5.74, 6) is 0.160. The highest BCUT2D eigenvalue weighted by atomic mass is 32.1. The zero-order valence-electron chi connectivity index (χ0n) is 16.9. The number of hydrogen-bond acceptors (Lipinski definition) is 3. The van der Waals surface area contributed by atoms with Crippen molar-refractivity contribution in [2.45, 2.75) is 45.8 Å². The van der Waals surface area contributed by atoms with Gasteiger partial charge in [0.25, 0.3) is 0 Å². The minimum absolute atomic E-state index is 0.160. The molecule has 1 saturated heterocycles. The second-order valence-corrected chi connectivity index (χ2v) is 8.29. The topological polar surface area (TPSA) is 54.3 Å². The van der Waals surface area contributed by atoms with Gasteiger partial charge in [-0.25, -0.2) is 0 Å². The van der Waals surface area contributed by atoms with E-state index in [2.05, 4.69) is 17.2 Å². The first kappa shape index (κ1) is 19.7. The molecular formula is C23H27N4OS+. The number of para-hydroxylation sites is 1. The Kier molecular flexibility index (Phi) is 5.74. The van der Waals surface area contributed by atoms with Crippen molar-refractivity contribution in [3.8, 4) is 5.88 Å². The van der Waals surface area contributed by atoms with Gasteiger partial charge in [-0.3, -0.25) is 4.57 Å². The third kappa shape index (κ3) is 3.95. The average Bonchev–Trinajstić information content (AvgIpc) is 2.99. The van der Waals surface area contributed by atoms with Gasteiger partial charge in [0.1, 0.15) is 0 Å². The van der Waals surface area contributed by atoms with Gasteiger partial charge in [-0.15, -0.1) is 10.2 Å². The smallest absolute Gasteiger partial charge is 0.225 e. The van der Waals surface area contributed by atoms with Crippen molar-refractivity contribution >= 4 is 33.8 Å². The zero-order chi connectivity index (χ0) is 20.4. The number of nitrogens with one attached hydrogen (secondary N) is 1. The van der Waals surface area contributed by atoms with Gasteiger partial charge in [0.05, 0.1) is 18.1 Å². The Morgan fingerprint density at radius 2 is 1.93 bits per heavy atom. The normalized spacial score (nSPS) is 19.8. The van der Waals surface area contributed by atoms with E-state index in [0.717, 1.165) is 35.2 Å². The Morgan fingerprint density at radius 3 is 2.72 bits per heavy atom. The summed E-state index contributed by atoms with van der Waals surface area (Å²) in [5, 5.41) is 20.6. The van der Waals surface area contributed by atoms with Crippen LogP contribution in [0.15, 0.2) is 58.8 Å². The SMILES string of the molecule is Cc1ccccc1C(=S)N=Nc1c(O)n(C[NH+]2CCCC[C@@H]2C)c2ccccc12. The molecule has 2 N–H and O–H groups in total. The molecule has 0 bridgehead atoms. The van der Waals surface area contributed by atoms with Crippen LogP contribution in [0, 0.1) is 6.92 Å². The van der Waals surface area contributed by atoms with Crippen LogP contribution >= 0.6 is 12.2 Å². The van der Waals surface area contributed by atoms with Crippen LogP contribution < -0.4 is 4.90 Å². The number of piperidine rings is 1. The summed E-state index contributed by atoms with van der Waals surface area (Å²) in [5.41, 5.74) is 3.42. The summed E-state index contributed by atoms with van der Waals surface area (Å²) in [4.78, 5) is 1.92. The van der Waals surface area contributed by atoms with Crippen molar-refractivity contribution in [1.29, 1.82) is 0 Å². The molecule has 2 atom stereocenters. The van der Waals surface area contributed by atoms with Gasteiger partial charge >= 0.3 is 0 Å². The van der Waals surface area contributed by atoms with Crippen LogP contribution in [-0.4, -0.2) is 27.2 Å². The molecule has 1 aliphatic heterocycles. The van der Waals surface area contributed by atoms with Crippen molar-refractivity contribution in [2.75, 3.05) is 6.54 Å². The number of thiocarbonyl (C=S) groups is 1. The first-order valence-electron chi connectivity index (χ1n) is 10.2. The molecule has 1 fully saturated rings. The Morgan fingerprint density at radius 1 is 1.17 bits per heavy atom. The number of azo groups is 1.